The van der Waals surface area contributed by atoms with Crippen molar-refractivity contribution in [2.24, 2.45) is 7.05 Å². The Morgan fingerprint density at radius 3 is 2.93 bits per heavy atom. The van der Waals surface area contributed by atoms with Crippen molar-refractivity contribution in [2.45, 2.75) is 0 Å². The first-order valence-corrected chi connectivity index (χ1v) is 4.22. The smallest absolute Gasteiger partial charge is 0.132 e. The Morgan fingerprint density at radius 1 is 1.43 bits per heavy atom. The van der Waals surface area contributed by atoms with Gasteiger partial charge in [0.25, 0.3) is 0 Å². The van der Waals surface area contributed by atoms with Gasteiger partial charge in [0.05, 0.1) is 11.9 Å². The molecule has 0 spiro atoms. The van der Waals surface area contributed by atoms with Crippen LogP contribution in [0.15, 0.2) is 30.6 Å². The molecule has 0 saturated carbocycles. The average molecular weight is 189 g/mol. The molecule has 2 aromatic rings. The number of pyridine rings is 1. The van der Waals surface area contributed by atoms with Gasteiger partial charge < -0.3 is 11.1 Å². The molecule has 0 unspecified atom stereocenters. The summed E-state index contributed by atoms with van der Waals surface area (Å²) in [5.41, 5.74) is 6.44. The van der Waals surface area contributed by atoms with Gasteiger partial charge in [-0.2, -0.15) is 5.10 Å². The Labute approximate surface area is 81.6 Å². The molecule has 14 heavy (non-hydrogen) atoms. The van der Waals surface area contributed by atoms with Gasteiger partial charge in [-0.15, -0.1) is 0 Å². The molecule has 0 fully saturated rings. The highest BCUT2D eigenvalue weighted by Crippen LogP contribution is 2.13. The van der Waals surface area contributed by atoms with Crippen molar-refractivity contribution in [3.63, 3.8) is 0 Å². The van der Waals surface area contributed by atoms with E-state index in [-0.39, 0.29) is 0 Å². The van der Waals surface area contributed by atoms with Gasteiger partial charge in [-0.1, -0.05) is 6.07 Å². The predicted molar refractivity (Wildman–Crippen MR) is 55.1 cm³/mol. The molecule has 0 radical (unpaired) electrons. The summed E-state index contributed by atoms with van der Waals surface area (Å²) in [6.45, 7) is 0. The summed E-state index contributed by atoms with van der Waals surface area (Å²) in [5.74, 6) is 1.22. The van der Waals surface area contributed by atoms with Crippen LogP contribution < -0.4 is 11.1 Å². The SMILES string of the molecule is Cn1cc(Nc2cccc(N)n2)cn1. The molecule has 5 heteroatoms. The summed E-state index contributed by atoms with van der Waals surface area (Å²) >= 11 is 0. The van der Waals surface area contributed by atoms with Crippen LogP contribution in [0.2, 0.25) is 0 Å². The predicted octanol–water partition coefficient (Wildman–Crippen LogP) is 1.14. The molecule has 0 aromatic carbocycles. The lowest BCUT2D eigenvalue weighted by molar-refractivity contribution is 0.768. The van der Waals surface area contributed by atoms with Crippen molar-refractivity contribution in [1.82, 2.24) is 14.8 Å². The average Bonchev–Trinajstić information content (AvgIpc) is 2.51. The summed E-state index contributed by atoms with van der Waals surface area (Å²) in [7, 11) is 1.86. The van der Waals surface area contributed by atoms with Crippen LogP contribution in [0.3, 0.4) is 0 Å². The number of rotatable bonds is 2. The molecule has 2 heterocycles. The molecule has 0 bridgehead atoms. The van der Waals surface area contributed by atoms with Crippen LogP contribution in [-0.4, -0.2) is 14.8 Å². The second-order valence-electron chi connectivity index (χ2n) is 2.98. The highest BCUT2D eigenvalue weighted by Gasteiger charge is 1.97. The highest BCUT2D eigenvalue weighted by molar-refractivity contribution is 5.55. The molecule has 0 aliphatic rings. The van der Waals surface area contributed by atoms with Crippen molar-refractivity contribution in [2.75, 3.05) is 11.1 Å². The van der Waals surface area contributed by atoms with Gasteiger partial charge in [0, 0.05) is 13.2 Å². The van der Waals surface area contributed by atoms with Gasteiger partial charge >= 0.3 is 0 Å². The quantitative estimate of drug-likeness (QED) is 0.743. The van der Waals surface area contributed by atoms with Gasteiger partial charge in [0.2, 0.25) is 0 Å². The van der Waals surface area contributed by atoms with Crippen LogP contribution in [0.5, 0.6) is 0 Å². The van der Waals surface area contributed by atoms with Gasteiger partial charge in [-0.3, -0.25) is 4.68 Å². The number of nitrogens with one attached hydrogen (secondary N) is 1. The number of aromatic nitrogens is 3. The van der Waals surface area contributed by atoms with Crippen LogP contribution in [0, 0.1) is 0 Å². The minimum atomic E-state index is 0.499. The molecule has 0 aliphatic carbocycles. The number of hydrogen-bond donors (Lipinski definition) is 2. The van der Waals surface area contributed by atoms with E-state index in [1.807, 2.05) is 25.4 Å². The fourth-order valence-electron chi connectivity index (χ4n) is 1.15. The lowest BCUT2D eigenvalue weighted by Crippen LogP contribution is -1.95. The summed E-state index contributed by atoms with van der Waals surface area (Å²) in [5, 5.41) is 7.12. The fourth-order valence-corrected chi connectivity index (χ4v) is 1.15. The van der Waals surface area contributed by atoms with E-state index in [0.29, 0.717) is 5.82 Å². The van der Waals surface area contributed by atoms with E-state index in [1.54, 1.807) is 16.9 Å². The Bertz CT molecular complexity index is 434. The lowest BCUT2D eigenvalue weighted by Gasteiger charge is -2.01. The van der Waals surface area contributed by atoms with Crippen LogP contribution in [0.25, 0.3) is 0 Å². The van der Waals surface area contributed by atoms with Gasteiger partial charge in [0.15, 0.2) is 0 Å². The van der Waals surface area contributed by atoms with E-state index in [1.165, 1.54) is 0 Å². The first-order chi connectivity index (χ1) is 6.74. The number of nitrogens with two attached hydrogens (primary N) is 1. The van der Waals surface area contributed by atoms with Crippen molar-refractivity contribution in [3.05, 3.63) is 30.6 Å². The molecular formula is C9H11N5. The van der Waals surface area contributed by atoms with E-state index in [2.05, 4.69) is 15.4 Å². The van der Waals surface area contributed by atoms with Crippen LogP contribution >= 0.6 is 0 Å². The minimum absolute atomic E-state index is 0.499. The molecule has 72 valence electrons. The van der Waals surface area contributed by atoms with Crippen LogP contribution in [0.1, 0.15) is 0 Å². The second-order valence-corrected chi connectivity index (χ2v) is 2.98. The fraction of sp³-hybridized carbons (Fsp3) is 0.111. The van der Waals surface area contributed by atoms with Crippen LogP contribution in [0.4, 0.5) is 17.3 Å². The minimum Gasteiger partial charge on any atom is -0.384 e. The number of hydrogen-bond acceptors (Lipinski definition) is 4. The summed E-state index contributed by atoms with van der Waals surface area (Å²) < 4.78 is 1.72. The number of aryl methyl sites for hydroxylation is 1. The van der Waals surface area contributed by atoms with Crippen molar-refractivity contribution in [3.8, 4) is 0 Å². The Hall–Kier alpha value is -2.04. The molecule has 2 aromatic heterocycles. The van der Waals surface area contributed by atoms with Crippen molar-refractivity contribution >= 4 is 17.3 Å². The summed E-state index contributed by atoms with van der Waals surface area (Å²) in [6.07, 6.45) is 3.59. The first kappa shape index (κ1) is 8.55. The highest BCUT2D eigenvalue weighted by atomic mass is 15.3. The Kier molecular flexibility index (Phi) is 2.06. The molecule has 0 atom stereocenters. The van der Waals surface area contributed by atoms with Gasteiger partial charge in [-0.25, -0.2) is 4.98 Å². The first-order valence-electron chi connectivity index (χ1n) is 4.22. The third-order valence-corrected chi connectivity index (χ3v) is 1.75. The van der Waals surface area contributed by atoms with E-state index < -0.39 is 0 Å². The van der Waals surface area contributed by atoms with Crippen LogP contribution in [-0.2, 0) is 7.05 Å². The van der Waals surface area contributed by atoms with Crippen molar-refractivity contribution < 1.29 is 0 Å². The third-order valence-electron chi connectivity index (χ3n) is 1.75. The van der Waals surface area contributed by atoms with Gasteiger partial charge in [-0.05, 0) is 12.1 Å². The van der Waals surface area contributed by atoms with Gasteiger partial charge in [0.1, 0.15) is 11.6 Å². The van der Waals surface area contributed by atoms with E-state index in [4.69, 9.17) is 5.73 Å². The number of nitrogen functional groups attached to an aromatic ring is 1. The summed E-state index contributed by atoms with van der Waals surface area (Å²) in [6, 6.07) is 5.44. The monoisotopic (exact) mass is 189 g/mol. The zero-order valence-corrected chi connectivity index (χ0v) is 7.81. The zero-order chi connectivity index (χ0) is 9.97. The molecule has 0 saturated heterocycles. The van der Waals surface area contributed by atoms with E-state index in [9.17, 15) is 0 Å². The third kappa shape index (κ3) is 1.82. The van der Waals surface area contributed by atoms with Crippen molar-refractivity contribution in [1.29, 1.82) is 0 Å². The van der Waals surface area contributed by atoms with E-state index >= 15 is 0 Å². The Balaban J connectivity index is 2.18. The molecule has 3 N–H and O–H groups in total. The number of anilines is 3. The zero-order valence-electron chi connectivity index (χ0n) is 7.81. The maximum Gasteiger partial charge on any atom is 0.132 e. The molecule has 0 aliphatic heterocycles. The molecule has 2 rings (SSSR count). The Morgan fingerprint density at radius 2 is 2.29 bits per heavy atom. The molecular weight excluding hydrogens is 178 g/mol. The summed E-state index contributed by atoms with van der Waals surface area (Å²) in [4.78, 5) is 4.11. The maximum atomic E-state index is 5.55. The number of nitrogens with zero attached hydrogens (tertiary/aromatic N) is 3. The maximum absolute atomic E-state index is 5.55. The standard InChI is InChI=1S/C9H11N5/c1-14-6-7(5-11-14)12-9-4-2-3-8(10)13-9/h2-6H,1H3,(H3,10,12,13). The molecule has 0 amide bonds. The second kappa shape index (κ2) is 3.37. The topological polar surface area (TPSA) is 68.8 Å². The van der Waals surface area contributed by atoms with E-state index in [0.717, 1.165) is 11.5 Å². The molecule has 5 nitrogen and oxygen atoms in total. The largest absolute Gasteiger partial charge is 0.384 e. The normalized spacial score (nSPS) is 10.1. The lowest BCUT2D eigenvalue weighted by atomic mass is 10.4.